The van der Waals surface area contributed by atoms with E-state index >= 15 is 0 Å². The molecule has 0 spiro atoms. The molecule has 2 aromatic rings. The van der Waals surface area contributed by atoms with Crippen molar-refractivity contribution < 1.29 is 18.3 Å². The van der Waals surface area contributed by atoms with Gasteiger partial charge in [-0.3, -0.25) is 4.79 Å². The topological polar surface area (TPSA) is 29.5 Å². The molecule has 3 rings (SSSR count). The first-order valence-corrected chi connectivity index (χ1v) is 8.87. The summed E-state index contributed by atoms with van der Waals surface area (Å²) in [6.07, 6.45) is -0.597. The second kappa shape index (κ2) is 7.52. The standard InChI is InChI=1S/C19H18BrF2NO2/c20-15-6-7-17(25-13-14-4-2-1-3-5-14)16(12-15)18(24)23-10-8-19(21,22)9-11-23/h1-7,12H,8-11,13H2. The van der Waals surface area contributed by atoms with Crippen LogP contribution < -0.4 is 4.74 Å². The molecule has 1 amide bonds. The van der Waals surface area contributed by atoms with Crippen LogP contribution in [0, 0.1) is 0 Å². The van der Waals surface area contributed by atoms with Gasteiger partial charge in [0.15, 0.2) is 0 Å². The van der Waals surface area contributed by atoms with Crippen LogP contribution in [0.5, 0.6) is 5.75 Å². The van der Waals surface area contributed by atoms with Crippen molar-refractivity contribution in [1.29, 1.82) is 0 Å². The molecular formula is C19H18BrF2NO2. The van der Waals surface area contributed by atoms with Gasteiger partial charge in [0.2, 0.25) is 0 Å². The summed E-state index contributed by atoms with van der Waals surface area (Å²) in [7, 11) is 0. The second-order valence-corrected chi connectivity index (χ2v) is 6.98. The third-order valence-electron chi connectivity index (χ3n) is 4.19. The summed E-state index contributed by atoms with van der Waals surface area (Å²) >= 11 is 3.36. The Morgan fingerprint density at radius 3 is 2.48 bits per heavy atom. The van der Waals surface area contributed by atoms with Crippen LogP contribution in [-0.2, 0) is 6.61 Å². The molecule has 1 aliphatic heterocycles. The molecule has 0 N–H and O–H groups in total. The Hall–Kier alpha value is -1.95. The minimum Gasteiger partial charge on any atom is -0.488 e. The number of hydrogen-bond acceptors (Lipinski definition) is 2. The number of carbonyl (C=O) groups excluding carboxylic acids is 1. The summed E-state index contributed by atoms with van der Waals surface area (Å²) in [6.45, 7) is 0.438. The quantitative estimate of drug-likeness (QED) is 0.718. The highest BCUT2D eigenvalue weighted by molar-refractivity contribution is 9.10. The lowest BCUT2D eigenvalue weighted by Crippen LogP contribution is -2.42. The first-order valence-electron chi connectivity index (χ1n) is 8.08. The maximum Gasteiger partial charge on any atom is 0.257 e. The molecule has 25 heavy (non-hydrogen) atoms. The van der Waals surface area contributed by atoms with E-state index in [0.717, 1.165) is 10.0 Å². The van der Waals surface area contributed by atoms with Crippen molar-refractivity contribution in [3.8, 4) is 5.75 Å². The number of halogens is 3. The third kappa shape index (κ3) is 4.57. The third-order valence-corrected chi connectivity index (χ3v) is 4.68. The molecule has 1 fully saturated rings. The van der Waals surface area contributed by atoms with Crippen molar-refractivity contribution in [3.05, 3.63) is 64.1 Å². The zero-order valence-corrected chi connectivity index (χ0v) is 15.1. The maximum absolute atomic E-state index is 13.3. The fourth-order valence-electron chi connectivity index (χ4n) is 2.74. The van der Waals surface area contributed by atoms with Gasteiger partial charge < -0.3 is 9.64 Å². The van der Waals surface area contributed by atoms with Gasteiger partial charge in [0.1, 0.15) is 12.4 Å². The van der Waals surface area contributed by atoms with Crippen molar-refractivity contribution in [3.63, 3.8) is 0 Å². The zero-order chi connectivity index (χ0) is 17.9. The highest BCUT2D eigenvalue weighted by atomic mass is 79.9. The fraction of sp³-hybridized carbons (Fsp3) is 0.316. The minimum absolute atomic E-state index is 0.0521. The lowest BCUT2D eigenvalue weighted by atomic mass is 10.1. The SMILES string of the molecule is O=C(c1cc(Br)ccc1OCc1ccccc1)N1CCC(F)(F)CC1. The number of hydrogen-bond donors (Lipinski definition) is 0. The highest BCUT2D eigenvalue weighted by Gasteiger charge is 2.36. The van der Waals surface area contributed by atoms with Crippen molar-refractivity contribution in [2.75, 3.05) is 13.1 Å². The molecule has 0 radical (unpaired) electrons. The molecule has 1 heterocycles. The Labute approximate surface area is 153 Å². The van der Waals surface area contributed by atoms with E-state index in [2.05, 4.69) is 15.9 Å². The zero-order valence-electron chi connectivity index (χ0n) is 13.6. The van der Waals surface area contributed by atoms with Crippen molar-refractivity contribution in [2.24, 2.45) is 0 Å². The average molecular weight is 410 g/mol. The Kier molecular flexibility index (Phi) is 5.37. The van der Waals surface area contributed by atoms with Gasteiger partial charge in [0.25, 0.3) is 11.8 Å². The van der Waals surface area contributed by atoms with Gasteiger partial charge in [-0.15, -0.1) is 0 Å². The van der Waals surface area contributed by atoms with Gasteiger partial charge >= 0.3 is 0 Å². The normalized spacial score (nSPS) is 16.5. The van der Waals surface area contributed by atoms with Crippen molar-refractivity contribution >= 4 is 21.8 Å². The number of amides is 1. The molecule has 0 aromatic heterocycles. The average Bonchev–Trinajstić information content (AvgIpc) is 2.61. The molecule has 0 atom stereocenters. The van der Waals surface area contributed by atoms with Crippen LogP contribution >= 0.6 is 15.9 Å². The Morgan fingerprint density at radius 1 is 1.12 bits per heavy atom. The Bertz CT molecular complexity index is 742. The minimum atomic E-state index is -2.68. The van der Waals surface area contributed by atoms with Crippen LogP contribution in [0.2, 0.25) is 0 Å². The molecule has 3 nitrogen and oxygen atoms in total. The lowest BCUT2D eigenvalue weighted by Gasteiger charge is -2.32. The van der Waals surface area contributed by atoms with Crippen molar-refractivity contribution in [2.45, 2.75) is 25.4 Å². The largest absolute Gasteiger partial charge is 0.488 e. The van der Waals surface area contributed by atoms with E-state index < -0.39 is 5.92 Å². The number of piperidine rings is 1. The predicted octanol–water partition coefficient (Wildman–Crippen LogP) is 4.90. The van der Waals surface area contributed by atoms with Gasteiger partial charge in [-0.05, 0) is 23.8 Å². The lowest BCUT2D eigenvalue weighted by molar-refractivity contribution is -0.0494. The van der Waals surface area contributed by atoms with E-state index in [0.29, 0.717) is 17.9 Å². The number of benzene rings is 2. The van der Waals surface area contributed by atoms with Gasteiger partial charge in [0.05, 0.1) is 5.56 Å². The van der Waals surface area contributed by atoms with Crippen molar-refractivity contribution in [1.82, 2.24) is 4.90 Å². The summed E-state index contributed by atoms with van der Waals surface area (Å²) in [5, 5.41) is 0. The summed E-state index contributed by atoms with van der Waals surface area (Å²) in [4.78, 5) is 14.2. The number of rotatable bonds is 4. The van der Waals surface area contributed by atoms with E-state index in [4.69, 9.17) is 4.74 Å². The molecule has 0 saturated carbocycles. The molecule has 0 aliphatic carbocycles. The van der Waals surface area contributed by atoms with Gasteiger partial charge in [-0.1, -0.05) is 46.3 Å². The van der Waals surface area contributed by atoms with E-state index in [9.17, 15) is 13.6 Å². The van der Waals surface area contributed by atoms with E-state index in [1.165, 1.54) is 4.90 Å². The molecule has 6 heteroatoms. The van der Waals surface area contributed by atoms with Crippen LogP contribution in [0.3, 0.4) is 0 Å². The summed E-state index contributed by atoms with van der Waals surface area (Å²) in [5.74, 6) is -2.50. The number of ether oxygens (including phenoxy) is 1. The molecule has 1 saturated heterocycles. The molecule has 2 aromatic carbocycles. The molecule has 132 valence electrons. The fourth-order valence-corrected chi connectivity index (χ4v) is 3.10. The first-order chi connectivity index (χ1) is 11.9. The van der Waals surface area contributed by atoms with Crippen LogP contribution in [0.4, 0.5) is 8.78 Å². The second-order valence-electron chi connectivity index (χ2n) is 6.06. The predicted molar refractivity (Wildman–Crippen MR) is 95.0 cm³/mol. The smallest absolute Gasteiger partial charge is 0.257 e. The number of carbonyl (C=O) groups is 1. The number of likely N-dealkylation sites (tertiary alicyclic amines) is 1. The monoisotopic (exact) mass is 409 g/mol. The summed E-state index contributed by atoms with van der Waals surface area (Å²) < 4.78 is 33.2. The van der Waals surface area contributed by atoms with Crippen LogP contribution in [0.25, 0.3) is 0 Å². The van der Waals surface area contributed by atoms with Crippen LogP contribution in [0.15, 0.2) is 53.0 Å². The summed E-state index contributed by atoms with van der Waals surface area (Å²) in [6, 6.07) is 14.8. The van der Waals surface area contributed by atoms with Gasteiger partial charge in [-0.2, -0.15) is 0 Å². The molecule has 1 aliphatic rings. The van der Waals surface area contributed by atoms with Crippen LogP contribution in [0.1, 0.15) is 28.8 Å². The van der Waals surface area contributed by atoms with Gasteiger partial charge in [0, 0.05) is 30.4 Å². The Balaban J connectivity index is 1.76. The van der Waals surface area contributed by atoms with E-state index in [1.54, 1.807) is 18.2 Å². The van der Waals surface area contributed by atoms with Gasteiger partial charge in [-0.25, -0.2) is 8.78 Å². The van der Waals surface area contributed by atoms with E-state index in [1.807, 2.05) is 30.3 Å². The Morgan fingerprint density at radius 2 is 1.80 bits per heavy atom. The molecule has 0 unspecified atom stereocenters. The highest BCUT2D eigenvalue weighted by Crippen LogP contribution is 2.31. The number of nitrogens with zero attached hydrogens (tertiary/aromatic N) is 1. The first kappa shape index (κ1) is 17.9. The summed E-state index contributed by atoms with van der Waals surface area (Å²) in [5.41, 5.74) is 1.37. The molecular weight excluding hydrogens is 392 g/mol. The van der Waals surface area contributed by atoms with E-state index in [-0.39, 0.29) is 31.8 Å². The maximum atomic E-state index is 13.3. The number of alkyl halides is 2. The van der Waals surface area contributed by atoms with Crippen LogP contribution in [-0.4, -0.2) is 29.8 Å². The molecule has 0 bridgehead atoms.